The highest BCUT2D eigenvalue weighted by Crippen LogP contribution is 2.25. The number of aromatic nitrogens is 2. The maximum absolute atomic E-state index is 12.9. The summed E-state index contributed by atoms with van der Waals surface area (Å²) in [6.07, 6.45) is 4.77. The molecule has 0 saturated carbocycles. The van der Waals surface area contributed by atoms with Gasteiger partial charge in [-0.3, -0.25) is 9.59 Å². The summed E-state index contributed by atoms with van der Waals surface area (Å²) in [5, 5.41) is 12.3. The number of nitrogens with one attached hydrogen (secondary N) is 4. The van der Waals surface area contributed by atoms with Crippen LogP contribution in [-0.2, 0) is 4.79 Å². The van der Waals surface area contributed by atoms with Gasteiger partial charge in [0.1, 0.15) is 18.0 Å². The van der Waals surface area contributed by atoms with Crippen LogP contribution in [0.2, 0.25) is 0 Å². The van der Waals surface area contributed by atoms with Crippen molar-refractivity contribution >= 4 is 46.2 Å². The Balaban J connectivity index is 1.18. The van der Waals surface area contributed by atoms with Gasteiger partial charge in [-0.1, -0.05) is 54.6 Å². The SMILES string of the molecule is CN(C)C/C=C/C(=O)Nc1ccc(C(=O)Nc2cccc(Nc3cc(Nc4cccc(-c5ccccc5)c4)ncn3)c2)cc1. The monoisotopic (exact) mass is 583 g/mol. The quantitative estimate of drug-likeness (QED) is 0.125. The fraction of sp³-hybridized carbons (Fsp3) is 0.0857. The van der Waals surface area contributed by atoms with Crippen LogP contribution in [0.15, 0.2) is 128 Å². The zero-order valence-corrected chi connectivity index (χ0v) is 24.5. The van der Waals surface area contributed by atoms with Gasteiger partial charge in [-0.05, 0) is 79.8 Å². The average molecular weight is 584 g/mol. The largest absolute Gasteiger partial charge is 0.340 e. The Bertz CT molecular complexity index is 1750. The minimum Gasteiger partial charge on any atom is -0.340 e. The number of carbonyl (C=O) groups is 2. The molecule has 0 aliphatic rings. The number of likely N-dealkylation sites (N-methyl/N-ethyl adjacent to an activating group) is 1. The summed E-state index contributed by atoms with van der Waals surface area (Å²) in [7, 11) is 3.86. The third-order valence-corrected chi connectivity index (χ3v) is 6.46. The van der Waals surface area contributed by atoms with Gasteiger partial charge in [-0.25, -0.2) is 9.97 Å². The first-order chi connectivity index (χ1) is 21.4. The minimum atomic E-state index is -0.267. The molecule has 0 aliphatic heterocycles. The molecule has 0 spiro atoms. The molecule has 5 aromatic rings. The first kappa shape index (κ1) is 29.7. The van der Waals surface area contributed by atoms with Crippen molar-refractivity contribution in [1.29, 1.82) is 0 Å². The molecule has 2 amide bonds. The van der Waals surface area contributed by atoms with E-state index in [0.29, 0.717) is 35.1 Å². The van der Waals surface area contributed by atoms with Gasteiger partial charge in [0.25, 0.3) is 5.91 Å². The number of nitrogens with zero attached hydrogens (tertiary/aromatic N) is 3. The van der Waals surface area contributed by atoms with Crippen molar-refractivity contribution in [3.8, 4) is 11.1 Å². The van der Waals surface area contributed by atoms with Gasteiger partial charge in [0, 0.05) is 47.0 Å². The van der Waals surface area contributed by atoms with Gasteiger partial charge in [0.15, 0.2) is 0 Å². The van der Waals surface area contributed by atoms with Gasteiger partial charge in [0.05, 0.1) is 0 Å². The summed E-state index contributed by atoms with van der Waals surface area (Å²) < 4.78 is 0. The van der Waals surface area contributed by atoms with Crippen LogP contribution in [0.4, 0.5) is 34.4 Å². The number of carbonyl (C=O) groups excluding carboxylic acids is 2. The zero-order chi connectivity index (χ0) is 30.7. The Morgan fingerprint density at radius 1 is 0.659 bits per heavy atom. The summed E-state index contributed by atoms with van der Waals surface area (Å²) in [4.78, 5) is 35.6. The van der Waals surface area contributed by atoms with E-state index in [2.05, 4.69) is 55.5 Å². The van der Waals surface area contributed by atoms with Gasteiger partial charge >= 0.3 is 0 Å². The number of amides is 2. The summed E-state index contributed by atoms with van der Waals surface area (Å²) in [6.45, 7) is 0.672. The van der Waals surface area contributed by atoms with Gasteiger partial charge < -0.3 is 26.2 Å². The van der Waals surface area contributed by atoms with Crippen molar-refractivity contribution in [1.82, 2.24) is 14.9 Å². The number of benzene rings is 4. The molecule has 0 fully saturated rings. The van der Waals surface area contributed by atoms with Crippen LogP contribution in [-0.4, -0.2) is 47.3 Å². The highest BCUT2D eigenvalue weighted by Gasteiger charge is 2.08. The predicted molar refractivity (Wildman–Crippen MR) is 178 cm³/mol. The molecule has 0 radical (unpaired) electrons. The molecule has 9 heteroatoms. The predicted octanol–water partition coefficient (Wildman–Crippen LogP) is 6.94. The second-order valence-corrected chi connectivity index (χ2v) is 10.3. The van der Waals surface area contributed by atoms with Crippen molar-refractivity contribution in [3.05, 3.63) is 133 Å². The van der Waals surface area contributed by atoms with Gasteiger partial charge in [-0.15, -0.1) is 0 Å². The summed E-state index contributed by atoms with van der Waals surface area (Å²) in [6, 6.07) is 34.2. The van der Waals surface area contributed by atoms with E-state index < -0.39 is 0 Å². The lowest BCUT2D eigenvalue weighted by molar-refractivity contribution is -0.111. The van der Waals surface area contributed by atoms with Gasteiger partial charge in [-0.2, -0.15) is 0 Å². The maximum atomic E-state index is 12.9. The maximum Gasteiger partial charge on any atom is 0.255 e. The lowest BCUT2D eigenvalue weighted by Gasteiger charge is -2.11. The number of hydrogen-bond donors (Lipinski definition) is 4. The minimum absolute atomic E-state index is 0.225. The van der Waals surface area contributed by atoms with E-state index in [1.165, 1.54) is 12.4 Å². The van der Waals surface area contributed by atoms with Gasteiger partial charge in [0.2, 0.25) is 5.91 Å². The van der Waals surface area contributed by atoms with Crippen molar-refractivity contribution < 1.29 is 9.59 Å². The Kier molecular flexibility index (Phi) is 9.71. The molecule has 0 saturated heterocycles. The zero-order valence-electron chi connectivity index (χ0n) is 24.5. The Morgan fingerprint density at radius 3 is 2.00 bits per heavy atom. The van der Waals surface area contributed by atoms with E-state index in [4.69, 9.17) is 0 Å². The normalized spacial score (nSPS) is 10.9. The molecule has 0 aliphatic carbocycles. The molecular weight excluding hydrogens is 550 g/mol. The fourth-order valence-corrected chi connectivity index (χ4v) is 4.33. The molecule has 5 rings (SSSR count). The van der Waals surface area contributed by atoms with E-state index >= 15 is 0 Å². The molecule has 1 aromatic heterocycles. The Labute approximate surface area is 256 Å². The van der Waals surface area contributed by atoms with Crippen molar-refractivity contribution in [2.75, 3.05) is 41.9 Å². The van der Waals surface area contributed by atoms with Crippen LogP contribution in [0.25, 0.3) is 11.1 Å². The van der Waals surface area contributed by atoms with E-state index in [-0.39, 0.29) is 11.8 Å². The van der Waals surface area contributed by atoms with Crippen LogP contribution in [0.1, 0.15) is 10.4 Å². The van der Waals surface area contributed by atoms with E-state index in [1.807, 2.05) is 79.7 Å². The number of anilines is 6. The van der Waals surface area contributed by atoms with Crippen molar-refractivity contribution in [3.63, 3.8) is 0 Å². The molecule has 1 heterocycles. The third-order valence-electron chi connectivity index (χ3n) is 6.46. The first-order valence-corrected chi connectivity index (χ1v) is 14.1. The molecule has 44 heavy (non-hydrogen) atoms. The molecule has 0 bridgehead atoms. The van der Waals surface area contributed by atoms with Crippen LogP contribution in [0.3, 0.4) is 0 Å². The number of hydrogen-bond acceptors (Lipinski definition) is 7. The summed E-state index contributed by atoms with van der Waals surface area (Å²) in [5.41, 5.74) is 5.59. The van der Waals surface area contributed by atoms with E-state index in [1.54, 1.807) is 30.3 Å². The average Bonchev–Trinajstić information content (AvgIpc) is 3.02. The van der Waals surface area contributed by atoms with E-state index in [0.717, 1.165) is 22.5 Å². The van der Waals surface area contributed by atoms with Crippen LogP contribution >= 0.6 is 0 Å². The van der Waals surface area contributed by atoms with E-state index in [9.17, 15) is 9.59 Å². The highest BCUT2D eigenvalue weighted by atomic mass is 16.2. The fourth-order valence-electron chi connectivity index (χ4n) is 4.33. The lowest BCUT2D eigenvalue weighted by atomic mass is 10.1. The second-order valence-electron chi connectivity index (χ2n) is 10.3. The highest BCUT2D eigenvalue weighted by molar-refractivity contribution is 6.05. The second kappa shape index (κ2) is 14.4. The topological polar surface area (TPSA) is 111 Å². The molecule has 4 N–H and O–H groups in total. The van der Waals surface area contributed by atoms with Crippen molar-refractivity contribution in [2.45, 2.75) is 0 Å². The van der Waals surface area contributed by atoms with Crippen LogP contribution < -0.4 is 21.3 Å². The standard InChI is InChI=1S/C35H33N7O2/c1-42(2)20-8-15-34(43)40-28-18-16-26(17-19-28)35(44)41-31-14-7-13-30(22-31)39-33-23-32(36-24-37-33)38-29-12-6-11-27(21-29)25-9-4-3-5-10-25/h3-19,21-24H,20H2,1-2H3,(H,40,43)(H,41,44)(H2,36,37,38,39)/b15-8+. The summed E-state index contributed by atoms with van der Waals surface area (Å²) in [5.74, 6) is 0.746. The Morgan fingerprint density at radius 2 is 1.30 bits per heavy atom. The smallest absolute Gasteiger partial charge is 0.255 e. The molecule has 4 aromatic carbocycles. The van der Waals surface area contributed by atoms with Crippen LogP contribution in [0, 0.1) is 0 Å². The molecule has 9 nitrogen and oxygen atoms in total. The first-order valence-electron chi connectivity index (χ1n) is 14.1. The van der Waals surface area contributed by atoms with Crippen LogP contribution in [0.5, 0.6) is 0 Å². The third kappa shape index (κ3) is 8.60. The Hall–Kier alpha value is -5.80. The van der Waals surface area contributed by atoms with Crippen molar-refractivity contribution in [2.24, 2.45) is 0 Å². The lowest BCUT2D eigenvalue weighted by Crippen LogP contribution is -2.13. The molecular formula is C35H33N7O2. The number of rotatable bonds is 11. The molecule has 220 valence electrons. The molecule has 0 unspecified atom stereocenters. The summed E-state index contributed by atoms with van der Waals surface area (Å²) >= 11 is 0. The molecule has 0 atom stereocenters.